The number of nitrogens with zero attached hydrogens (tertiary/aromatic N) is 3. The van der Waals surface area contributed by atoms with Crippen molar-refractivity contribution in [1.82, 2.24) is 9.97 Å². The van der Waals surface area contributed by atoms with Gasteiger partial charge in [0.1, 0.15) is 36.8 Å². The Kier molecular flexibility index (Phi) is 12.9. The Balaban J connectivity index is 0.000000468. The van der Waals surface area contributed by atoms with Gasteiger partial charge in [0.2, 0.25) is 11.6 Å². The minimum absolute atomic E-state index is 0.118. The average molecular weight is 657 g/mol. The Morgan fingerprint density at radius 2 is 1.62 bits per heavy atom. The second kappa shape index (κ2) is 16.8. The van der Waals surface area contributed by atoms with Crippen molar-refractivity contribution < 1.29 is 36.9 Å². The molecule has 238 valence electrons. The number of amides is 1. The first kappa shape index (κ1) is 34.6. The van der Waals surface area contributed by atoms with Crippen LogP contribution >= 0.6 is 11.6 Å². The van der Waals surface area contributed by atoms with Crippen LogP contribution in [0.5, 0.6) is 28.9 Å². The van der Waals surface area contributed by atoms with Gasteiger partial charge in [-0.05, 0) is 35.2 Å². The third-order valence-electron chi connectivity index (χ3n) is 5.77. The van der Waals surface area contributed by atoms with E-state index in [1.807, 2.05) is 0 Å². The molecule has 0 atom stereocenters. The molecule has 45 heavy (non-hydrogen) atoms. The molecule has 0 saturated carbocycles. The quantitative estimate of drug-likeness (QED) is 0.173. The Morgan fingerprint density at radius 1 is 0.911 bits per heavy atom. The van der Waals surface area contributed by atoms with Crippen molar-refractivity contribution in [1.29, 1.82) is 0 Å². The number of hydrogen-bond donors (Lipinski definition) is 1. The van der Waals surface area contributed by atoms with Crippen LogP contribution in [-0.2, 0) is 20.7 Å². The Morgan fingerprint density at radius 3 is 2.27 bits per heavy atom. The molecule has 12 nitrogen and oxygen atoms in total. The maximum Gasteiger partial charge on any atom is 0.411 e. The van der Waals surface area contributed by atoms with Gasteiger partial charge in [0, 0.05) is 17.8 Å². The fourth-order valence-electron chi connectivity index (χ4n) is 3.54. The molecule has 0 aliphatic carbocycles. The number of benzene rings is 3. The lowest BCUT2D eigenvalue weighted by Gasteiger charge is -2.18. The molecule has 4 rings (SSSR count). The van der Waals surface area contributed by atoms with Crippen molar-refractivity contribution in [3.8, 4) is 28.9 Å². The number of anilines is 1. The predicted molar refractivity (Wildman–Crippen MR) is 170 cm³/mol. The summed E-state index contributed by atoms with van der Waals surface area (Å²) in [5.74, 6) is 0.433. The van der Waals surface area contributed by atoms with E-state index < -0.39 is 16.6 Å². The summed E-state index contributed by atoms with van der Waals surface area (Å²) in [7, 11) is 0.132. The molecule has 0 aliphatic heterocycles. The average Bonchev–Trinajstić information content (AvgIpc) is 3.01. The molecule has 1 amide bonds. The molecular formula is C31H33ClN4O8S. The van der Waals surface area contributed by atoms with Crippen LogP contribution in [0.2, 0.25) is 5.02 Å². The second-order valence-electron chi connectivity index (χ2n) is 10.00. The van der Waals surface area contributed by atoms with Crippen molar-refractivity contribution in [3.63, 3.8) is 0 Å². The molecule has 0 unspecified atom stereocenters. The first-order valence-electron chi connectivity index (χ1n) is 13.4. The van der Waals surface area contributed by atoms with Crippen molar-refractivity contribution in [2.45, 2.75) is 26.2 Å². The zero-order chi connectivity index (χ0) is 32.8. The van der Waals surface area contributed by atoms with Crippen LogP contribution in [0.25, 0.3) is 0 Å². The van der Waals surface area contributed by atoms with Gasteiger partial charge in [0.05, 0.1) is 19.2 Å². The monoisotopic (exact) mass is 656 g/mol. The predicted octanol–water partition coefficient (Wildman–Crippen LogP) is 7.25. The largest absolute Gasteiger partial charge is 0.497 e. The van der Waals surface area contributed by atoms with Crippen LogP contribution in [0.4, 0.5) is 16.3 Å². The molecular weight excluding hydrogens is 624 g/mol. The molecule has 1 aromatic heterocycles. The van der Waals surface area contributed by atoms with Gasteiger partial charge in [-0.25, -0.2) is 9.78 Å². The van der Waals surface area contributed by atoms with Crippen LogP contribution in [-0.4, -0.2) is 51.9 Å². The summed E-state index contributed by atoms with van der Waals surface area (Å²) in [6.07, 6.45) is 0.318. The molecule has 0 spiro atoms. The number of ether oxygens (including phenoxy) is 5. The molecule has 1 heterocycles. The molecule has 0 aliphatic rings. The van der Waals surface area contributed by atoms with Crippen LogP contribution < -0.4 is 24.3 Å². The second-order valence-corrected chi connectivity index (χ2v) is 11.0. The first-order valence-corrected chi connectivity index (χ1v) is 14.8. The maximum atomic E-state index is 12.0. The van der Waals surface area contributed by atoms with E-state index in [0.717, 1.165) is 6.33 Å². The lowest BCUT2D eigenvalue weighted by atomic mass is 9.87. The van der Waals surface area contributed by atoms with Crippen LogP contribution in [0.15, 0.2) is 83.5 Å². The van der Waals surface area contributed by atoms with E-state index in [1.54, 1.807) is 30.3 Å². The standard InChI is InChI=1S/C21H19ClN4O8S.C10H14/c1-30-14-5-3-4-13(10-14)25-21(27)33-9-8-32-20-18(19(23-12-24-20)26-35(28)29)34-17-11-15(31-2)6-7-16(17)22;1-10(2,3)9-7-5-4-6-8-9/h3-7,10-12H,8-9H2,1-2H3,(H,25,27);4-8H,1-3H3. The highest BCUT2D eigenvalue weighted by Gasteiger charge is 2.18. The fourth-order valence-corrected chi connectivity index (χ4v) is 3.97. The van der Waals surface area contributed by atoms with Crippen molar-refractivity contribution >= 4 is 39.7 Å². The zero-order valence-corrected chi connectivity index (χ0v) is 26.9. The topological polar surface area (TPSA) is 148 Å². The van der Waals surface area contributed by atoms with Gasteiger partial charge in [0.15, 0.2) is 0 Å². The summed E-state index contributed by atoms with van der Waals surface area (Å²) in [4.78, 5) is 19.8. The molecule has 4 aromatic rings. The number of methoxy groups -OCH3 is 2. The van der Waals surface area contributed by atoms with Crippen molar-refractivity contribution in [3.05, 3.63) is 89.7 Å². The molecule has 3 aromatic carbocycles. The highest BCUT2D eigenvalue weighted by Crippen LogP contribution is 2.40. The van der Waals surface area contributed by atoms with Gasteiger partial charge >= 0.3 is 16.6 Å². The molecule has 0 radical (unpaired) electrons. The third-order valence-corrected chi connectivity index (χ3v) is 6.41. The van der Waals surface area contributed by atoms with Gasteiger partial charge in [-0.2, -0.15) is 13.4 Å². The van der Waals surface area contributed by atoms with Crippen LogP contribution in [0.3, 0.4) is 0 Å². The number of rotatable bonds is 10. The summed E-state index contributed by atoms with van der Waals surface area (Å²) in [5, 5.41) is 2.75. The van der Waals surface area contributed by atoms with E-state index in [9.17, 15) is 13.2 Å². The number of nitrogens with one attached hydrogen (secondary N) is 1. The van der Waals surface area contributed by atoms with Crippen LogP contribution in [0, 0.1) is 0 Å². The number of carbonyl (C=O) groups is 1. The molecule has 0 fully saturated rings. The maximum absolute atomic E-state index is 12.0. The normalized spacial score (nSPS) is 10.4. The molecule has 1 N–H and O–H groups in total. The Bertz CT molecular complexity index is 1710. The van der Waals surface area contributed by atoms with Crippen LogP contribution in [0.1, 0.15) is 26.3 Å². The number of carbonyl (C=O) groups excluding carboxylic acids is 1. The van der Waals surface area contributed by atoms with Gasteiger partial charge in [-0.1, -0.05) is 68.8 Å². The summed E-state index contributed by atoms with van der Waals surface area (Å²) in [5.41, 5.74) is 2.17. The van der Waals surface area contributed by atoms with Crippen molar-refractivity contribution in [2.24, 2.45) is 4.36 Å². The number of halogens is 1. The van der Waals surface area contributed by atoms with Gasteiger partial charge < -0.3 is 23.7 Å². The van der Waals surface area contributed by atoms with E-state index in [4.69, 9.17) is 35.3 Å². The highest BCUT2D eigenvalue weighted by molar-refractivity contribution is 7.61. The summed E-state index contributed by atoms with van der Waals surface area (Å²) >= 11 is 6.17. The molecule has 0 bridgehead atoms. The molecule has 0 saturated heterocycles. The SMILES string of the molecule is CC(C)(C)c1ccccc1.COc1cccc(NC(=O)OCCOc2ncnc(N=S(=O)=O)c2Oc2cc(OC)ccc2Cl)c1. The lowest BCUT2D eigenvalue weighted by Crippen LogP contribution is -2.18. The summed E-state index contributed by atoms with van der Waals surface area (Å²) in [6, 6.07) is 21.9. The number of aromatic nitrogens is 2. The first-order chi connectivity index (χ1) is 21.5. The van der Waals surface area contributed by atoms with E-state index in [2.05, 4.69) is 70.8 Å². The van der Waals surface area contributed by atoms with E-state index in [1.165, 1.54) is 31.9 Å². The minimum atomic E-state index is -2.84. The zero-order valence-electron chi connectivity index (χ0n) is 25.3. The Labute approximate surface area is 268 Å². The van der Waals surface area contributed by atoms with E-state index >= 15 is 0 Å². The lowest BCUT2D eigenvalue weighted by molar-refractivity contribution is 0.135. The van der Waals surface area contributed by atoms with Gasteiger partial charge in [-0.15, -0.1) is 4.36 Å². The van der Waals surface area contributed by atoms with Gasteiger partial charge in [-0.3, -0.25) is 5.32 Å². The Hall–Kier alpha value is -4.88. The third kappa shape index (κ3) is 11.3. The van der Waals surface area contributed by atoms with E-state index in [-0.39, 0.29) is 41.4 Å². The number of hydrogen-bond acceptors (Lipinski definition) is 11. The smallest absolute Gasteiger partial charge is 0.411 e. The van der Waals surface area contributed by atoms with Gasteiger partial charge in [0.25, 0.3) is 5.88 Å². The fraction of sp³-hybridized carbons (Fsp3) is 0.258. The van der Waals surface area contributed by atoms with E-state index in [0.29, 0.717) is 22.6 Å². The minimum Gasteiger partial charge on any atom is -0.497 e. The molecule has 14 heteroatoms. The highest BCUT2D eigenvalue weighted by atomic mass is 35.5. The van der Waals surface area contributed by atoms with Crippen molar-refractivity contribution in [2.75, 3.05) is 32.8 Å². The summed E-state index contributed by atoms with van der Waals surface area (Å²) < 4.78 is 52.2. The summed E-state index contributed by atoms with van der Waals surface area (Å²) in [6.45, 7) is 6.36.